The monoisotopic (exact) mass is 368 g/mol. The highest BCUT2D eigenvalue weighted by Crippen LogP contribution is 2.24. The molecule has 0 fully saturated rings. The number of rotatable bonds is 7. The number of aliphatic carboxylic acids is 1. The highest BCUT2D eigenvalue weighted by molar-refractivity contribution is 6.49. The van der Waals surface area contributed by atoms with Gasteiger partial charge in [0.1, 0.15) is 0 Å². The lowest BCUT2D eigenvalue weighted by Crippen LogP contribution is -2.34. The summed E-state index contributed by atoms with van der Waals surface area (Å²) in [6, 6.07) is 1.05. The second kappa shape index (κ2) is 8.66. The average molecular weight is 368 g/mol. The molecule has 1 aromatic carbocycles. The van der Waals surface area contributed by atoms with Crippen molar-refractivity contribution < 1.29 is 32.5 Å². The number of carboxylic acids is 1. The van der Waals surface area contributed by atoms with Crippen LogP contribution in [0.3, 0.4) is 0 Å². The van der Waals surface area contributed by atoms with Crippen LogP contribution in [0.5, 0.6) is 0 Å². The van der Waals surface area contributed by atoms with Crippen molar-refractivity contribution in [2.75, 3.05) is 20.1 Å². The topological polar surface area (TPSA) is 79.2 Å². The lowest BCUT2D eigenvalue weighted by Gasteiger charge is -2.14. The van der Waals surface area contributed by atoms with Gasteiger partial charge in [0.05, 0.1) is 18.8 Å². The number of carbonyl (C=O) groups excluding carboxylic acids is 1. The van der Waals surface area contributed by atoms with Crippen LogP contribution < -0.4 is 5.46 Å². The van der Waals surface area contributed by atoms with Gasteiger partial charge in [0.15, 0.2) is 17.5 Å². The third-order valence-corrected chi connectivity index (χ3v) is 3.56. The third kappa shape index (κ3) is 4.95. The van der Waals surface area contributed by atoms with Gasteiger partial charge in [-0.3, -0.25) is 19.5 Å². The van der Waals surface area contributed by atoms with E-state index in [9.17, 15) is 22.8 Å². The zero-order chi connectivity index (χ0) is 19.3. The SMILES string of the molecule is CN(CC(=O)O)CC(=O)OBc1cc(C2=CCCC=N2)c(F)c(F)c1F. The molecule has 6 nitrogen and oxygen atoms in total. The van der Waals surface area contributed by atoms with Gasteiger partial charge in [0.2, 0.25) is 0 Å². The molecule has 0 aliphatic carbocycles. The van der Waals surface area contributed by atoms with Gasteiger partial charge >= 0.3 is 19.4 Å². The zero-order valence-corrected chi connectivity index (χ0v) is 14.0. The molecule has 2 rings (SSSR count). The Morgan fingerprint density at radius 3 is 2.58 bits per heavy atom. The van der Waals surface area contributed by atoms with Crippen LogP contribution in [0, 0.1) is 17.5 Å². The Morgan fingerprint density at radius 2 is 1.96 bits per heavy atom. The van der Waals surface area contributed by atoms with Crippen LogP contribution >= 0.6 is 0 Å². The largest absolute Gasteiger partial charge is 0.534 e. The lowest BCUT2D eigenvalue weighted by atomic mass is 9.85. The first kappa shape index (κ1) is 19.7. The molecule has 138 valence electrons. The molecule has 0 atom stereocenters. The summed E-state index contributed by atoms with van der Waals surface area (Å²) in [4.78, 5) is 27.4. The number of benzene rings is 1. The van der Waals surface area contributed by atoms with Crippen molar-refractivity contribution in [3.8, 4) is 0 Å². The summed E-state index contributed by atoms with van der Waals surface area (Å²) in [5.41, 5.74) is -0.370. The Morgan fingerprint density at radius 1 is 1.23 bits per heavy atom. The van der Waals surface area contributed by atoms with Gasteiger partial charge in [-0.25, -0.2) is 13.2 Å². The van der Waals surface area contributed by atoms with E-state index < -0.39 is 36.9 Å². The summed E-state index contributed by atoms with van der Waals surface area (Å²) in [7, 11) is 0.770. The molecular weight excluding hydrogens is 352 g/mol. The van der Waals surface area contributed by atoms with Crippen molar-refractivity contribution in [1.82, 2.24) is 4.90 Å². The van der Waals surface area contributed by atoms with E-state index in [-0.39, 0.29) is 29.8 Å². The molecule has 0 saturated carbocycles. The molecule has 0 saturated heterocycles. The molecule has 0 radical (unpaired) electrons. The third-order valence-electron chi connectivity index (χ3n) is 3.56. The van der Waals surface area contributed by atoms with Crippen molar-refractivity contribution in [2.45, 2.75) is 12.8 Å². The van der Waals surface area contributed by atoms with Gasteiger partial charge in [-0.15, -0.1) is 0 Å². The van der Waals surface area contributed by atoms with Crippen LogP contribution in [0.1, 0.15) is 18.4 Å². The quantitative estimate of drug-likeness (QED) is 0.570. The van der Waals surface area contributed by atoms with E-state index >= 15 is 0 Å². The predicted molar refractivity (Wildman–Crippen MR) is 90.0 cm³/mol. The average Bonchev–Trinajstić information content (AvgIpc) is 2.59. The molecule has 1 aliphatic heterocycles. The molecule has 0 amide bonds. The highest BCUT2D eigenvalue weighted by Gasteiger charge is 2.23. The van der Waals surface area contributed by atoms with Gasteiger partial charge < -0.3 is 9.76 Å². The first-order valence-electron chi connectivity index (χ1n) is 7.75. The smallest absolute Gasteiger partial charge is 0.380 e. The minimum Gasteiger partial charge on any atom is -0.534 e. The fraction of sp³-hybridized carbons (Fsp3) is 0.312. The highest BCUT2D eigenvalue weighted by atomic mass is 19.2. The molecule has 1 N–H and O–H groups in total. The normalized spacial score (nSPS) is 13.5. The maximum atomic E-state index is 14.0. The summed E-state index contributed by atoms with van der Waals surface area (Å²) in [5, 5.41) is 8.61. The molecule has 1 aromatic rings. The summed E-state index contributed by atoms with van der Waals surface area (Å²) < 4.78 is 46.6. The van der Waals surface area contributed by atoms with Gasteiger partial charge in [0, 0.05) is 17.2 Å². The van der Waals surface area contributed by atoms with Crippen LogP contribution in [0.2, 0.25) is 0 Å². The van der Waals surface area contributed by atoms with E-state index in [1.54, 1.807) is 12.3 Å². The molecular formula is C16H16BF3N2O4. The summed E-state index contributed by atoms with van der Waals surface area (Å²) in [6.45, 7) is -0.731. The Bertz CT molecular complexity index is 783. The van der Waals surface area contributed by atoms with Crippen molar-refractivity contribution in [3.63, 3.8) is 0 Å². The van der Waals surface area contributed by atoms with Gasteiger partial charge in [-0.2, -0.15) is 0 Å². The number of nitrogens with zero attached hydrogens (tertiary/aromatic N) is 2. The van der Waals surface area contributed by atoms with Crippen LogP contribution in [-0.2, 0) is 14.2 Å². The minimum absolute atomic E-state index is 0.182. The number of halogens is 3. The van der Waals surface area contributed by atoms with Crippen molar-refractivity contribution in [1.29, 1.82) is 0 Å². The number of carboxylic acid groups (broad SMARTS) is 1. The minimum atomic E-state index is -1.67. The predicted octanol–water partition coefficient (Wildman–Crippen LogP) is 0.846. The summed E-state index contributed by atoms with van der Waals surface area (Å²) in [6.07, 6.45) is 4.42. The van der Waals surface area contributed by atoms with E-state index in [1.165, 1.54) is 11.9 Å². The number of aliphatic imine (C=N–C) groups is 1. The second-order valence-corrected chi connectivity index (χ2v) is 5.73. The van der Waals surface area contributed by atoms with Crippen LogP contribution in [-0.4, -0.2) is 55.8 Å². The first-order valence-corrected chi connectivity index (χ1v) is 7.75. The van der Waals surface area contributed by atoms with Gasteiger partial charge in [-0.1, -0.05) is 6.08 Å². The van der Waals surface area contributed by atoms with E-state index in [2.05, 4.69) is 4.99 Å². The van der Waals surface area contributed by atoms with E-state index in [4.69, 9.17) is 9.76 Å². The maximum absolute atomic E-state index is 14.0. The molecule has 26 heavy (non-hydrogen) atoms. The number of carbonyl (C=O) groups is 2. The molecule has 1 aliphatic rings. The van der Waals surface area contributed by atoms with Crippen molar-refractivity contribution in [3.05, 3.63) is 35.2 Å². The summed E-state index contributed by atoms with van der Waals surface area (Å²) in [5.74, 6) is -6.42. The van der Waals surface area contributed by atoms with E-state index in [1.807, 2.05) is 0 Å². The molecule has 0 aromatic heterocycles. The molecule has 1 heterocycles. The van der Waals surface area contributed by atoms with Crippen LogP contribution in [0.15, 0.2) is 17.1 Å². The Balaban J connectivity index is 2.13. The fourth-order valence-corrected chi connectivity index (χ4v) is 2.35. The summed E-state index contributed by atoms with van der Waals surface area (Å²) >= 11 is 0. The fourth-order valence-electron chi connectivity index (χ4n) is 2.35. The zero-order valence-electron chi connectivity index (χ0n) is 14.0. The number of likely N-dealkylation sites (N-methyl/N-ethyl adjacent to an activating group) is 1. The Hall–Kier alpha value is -2.62. The molecule has 0 spiro atoms. The van der Waals surface area contributed by atoms with Crippen LogP contribution in [0.4, 0.5) is 13.2 Å². The van der Waals surface area contributed by atoms with Crippen LogP contribution in [0.25, 0.3) is 5.70 Å². The molecule has 0 bridgehead atoms. The standard InChI is InChI=1S/C16H16BF3N2O4/c1-22(7-12(23)24)8-13(25)26-17-10-6-9(11-4-2-3-5-21-11)14(18)16(20)15(10)19/h4-6,17H,2-3,7-8H2,1H3,(H,23,24). The molecule has 10 heteroatoms. The number of allylic oxidation sites excluding steroid dienone is 1. The van der Waals surface area contributed by atoms with Crippen molar-refractivity contribution in [2.24, 2.45) is 4.99 Å². The van der Waals surface area contributed by atoms with E-state index in [0.29, 0.717) is 12.8 Å². The Labute approximate surface area is 148 Å². The second-order valence-electron chi connectivity index (χ2n) is 5.73. The van der Waals surface area contributed by atoms with Crippen molar-refractivity contribution >= 4 is 36.8 Å². The number of hydrogen-bond acceptors (Lipinski definition) is 5. The first-order chi connectivity index (χ1) is 12.3. The number of hydrogen-bond donors (Lipinski definition) is 1. The lowest BCUT2D eigenvalue weighted by molar-refractivity contribution is -0.139. The maximum Gasteiger partial charge on any atom is 0.380 e. The molecule has 0 unspecified atom stereocenters. The van der Waals surface area contributed by atoms with Gasteiger partial charge in [-0.05, 0) is 26.0 Å². The Kier molecular flexibility index (Phi) is 6.56. The van der Waals surface area contributed by atoms with Gasteiger partial charge in [0.25, 0.3) is 0 Å². The van der Waals surface area contributed by atoms with E-state index in [0.717, 1.165) is 6.07 Å².